The van der Waals surface area contributed by atoms with E-state index in [1.807, 2.05) is 0 Å². The van der Waals surface area contributed by atoms with Crippen molar-refractivity contribution in [3.05, 3.63) is 54.1 Å². The highest BCUT2D eigenvalue weighted by Crippen LogP contribution is 2.04. The molecule has 0 fully saturated rings. The molecule has 13 nitrogen and oxygen atoms in total. The van der Waals surface area contributed by atoms with Crippen molar-refractivity contribution in [3.63, 3.8) is 0 Å². The van der Waals surface area contributed by atoms with Crippen molar-refractivity contribution >= 4 is 29.7 Å². The van der Waals surface area contributed by atoms with Crippen LogP contribution in [-0.4, -0.2) is 74.5 Å². The van der Waals surface area contributed by atoms with Gasteiger partial charge in [0.05, 0.1) is 18.9 Å². The zero-order chi connectivity index (χ0) is 25.8. The third kappa shape index (κ3) is 9.63. The quantitative estimate of drug-likeness (QED) is 0.165. The molecule has 188 valence electrons. The van der Waals surface area contributed by atoms with Crippen molar-refractivity contribution in [2.75, 3.05) is 6.54 Å². The zero-order valence-corrected chi connectivity index (χ0v) is 18.8. The van der Waals surface area contributed by atoms with Crippen LogP contribution >= 0.6 is 0 Å². The van der Waals surface area contributed by atoms with Gasteiger partial charge in [-0.05, 0) is 12.0 Å². The molecule has 0 bridgehead atoms. The fraction of sp³-hybridized carbons (Fsp3) is 0.364. The summed E-state index contributed by atoms with van der Waals surface area (Å²) in [4.78, 5) is 66.3. The predicted molar refractivity (Wildman–Crippen MR) is 122 cm³/mol. The number of H-pyrrole nitrogens is 1. The minimum Gasteiger partial charge on any atom is -0.481 e. The normalized spacial score (nSPS) is 13.2. The Labute approximate surface area is 200 Å². The molecule has 0 saturated heterocycles. The summed E-state index contributed by atoms with van der Waals surface area (Å²) in [6, 6.07) is 5.24. The second-order valence-electron chi connectivity index (χ2n) is 7.75. The van der Waals surface area contributed by atoms with E-state index in [9.17, 15) is 29.1 Å². The number of carboxylic acids is 2. The number of rotatable bonds is 14. The molecule has 0 saturated carbocycles. The van der Waals surface area contributed by atoms with Crippen LogP contribution in [0, 0.1) is 0 Å². The maximum absolute atomic E-state index is 12.7. The van der Waals surface area contributed by atoms with Gasteiger partial charge in [0.2, 0.25) is 17.7 Å². The number of aromatic nitrogens is 2. The number of nitrogens with zero attached hydrogens (tertiary/aromatic N) is 1. The number of hydrogen-bond donors (Lipinski definition) is 7. The van der Waals surface area contributed by atoms with E-state index in [4.69, 9.17) is 10.8 Å². The fourth-order valence-corrected chi connectivity index (χ4v) is 3.10. The van der Waals surface area contributed by atoms with Crippen molar-refractivity contribution in [1.29, 1.82) is 0 Å². The molecular weight excluding hydrogens is 460 g/mol. The molecule has 0 aliphatic heterocycles. The standard InChI is InChI=1S/C22H28N6O7/c23-15(6-7-19(30)31)20(32)28-16(9-14-10-24-12-26-14)21(33)25-11-18(29)27-17(22(34)35)8-13-4-2-1-3-5-13/h1-5,10,12,15-17H,6-9,11,23H2,(H,24,26)(H,25,33)(H,27,29)(H,28,32)(H,30,31)(H,34,35). The Hall–Kier alpha value is -4.26. The van der Waals surface area contributed by atoms with Gasteiger partial charge in [-0.3, -0.25) is 19.2 Å². The number of carbonyl (C=O) groups is 5. The largest absolute Gasteiger partial charge is 0.481 e. The van der Waals surface area contributed by atoms with Crippen molar-refractivity contribution in [2.45, 2.75) is 43.8 Å². The van der Waals surface area contributed by atoms with Crippen LogP contribution < -0.4 is 21.7 Å². The topological polar surface area (TPSA) is 217 Å². The molecule has 3 unspecified atom stereocenters. The van der Waals surface area contributed by atoms with Crippen molar-refractivity contribution in [3.8, 4) is 0 Å². The first kappa shape index (κ1) is 27.0. The number of amides is 3. The molecule has 13 heteroatoms. The maximum Gasteiger partial charge on any atom is 0.326 e. The van der Waals surface area contributed by atoms with Gasteiger partial charge in [0.15, 0.2) is 0 Å². The van der Waals surface area contributed by atoms with E-state index in [2.05, 4.69) is 25.9 Å². The lowest BCUT2D eigenvalue weighted by Crippen LogP contribution is -2.54. The van der Waals surface area contributed by atoms with Crippen LogP contribution in [0.1, 0.15) is 24.1 Å². The van der Waals surface area contributed by atoms with Gasteiger partial charge in [-0.15, -0.1) is 0 Å². The van der Waals surface area contributed by atoms with E-state index in [0.717, 1.165) is 0 Å². The first-order chi connectivity index (χ1) is 16.7. The summed E-state index contributed by atoms with van der Waals surface area (Å²) < 4.78 is 0. The van der Waals surface area contributed by atoms with E-state index >= 15 is 0 Å². The predicted octanol–water partition coefficient (Wildman–Crippen LogP) is -1.44. The fourth-order valence-electron chi connectivity index (χ4n) is 3.10. The number of nitrogens with two attached hydrogens (primary N) is 1. The molecular formula is C22H28N6O7. The molecule has 8 N–H and O–H groups in total. The Morgan fingerprint density at radius 2 is 1.69 bits per heavy atom. The van der Waals surface area contributed by atoms with E-state index in [1.54, 1.807) is 30.3 Å². The number of aliphatic carboxylic acids is 2. The number of carboxylic acid groups (broad SMARTS) is 2. The smallest absolute Gasteiger partial charge is 0.326 e. The summed E-state index contributed by atoms with van der Waals surface area (Å²) in [6.07, 6.45) is 2.44. The summed E-state index contributed by atoms with van der Waals surface area (Å²) >= 11 is 0. The number of imidazole rings is 1. The first-order valence-corrected chi connectivity index (χ1v) is 10.7. The van der Waals surface area contributed by atoms with Crippen LogP contribution in [0.25, 0.3) is 0 Å². The minimum atomic E-state index is -1.23. The second-order valence-corrected chi connectivity index (χ2v) is 7.75. The highest BCUT2D eigenvalue weighted by molar-refractivity contribution is 5.92. The van der Waals surface area contributed by atoms with Gasteiger partial charge in [0.1, 0.15) is 12.1 Å². The molecule has 2 rings (SSSR count). The van der Waals surface area contributed by atoms with Crippen molar-refractivity contribution in [1.82, 2.24) is 25.9 Å². The molecule has 3 amide bonds. The van der Waals surface area contributed by atoms with Gasteiger partial charge in [-0.25, -0.2) is 9.78 Å². The van der Waals surface area contributed by atoms with E-state index in [1.165, 1.54) is 12.5 Å². The minimum absolute atomic E-state index is 0.00337. The van der Waals surface area contributed by atoms with Crippen LogP contribution in [0.3, 0.4) is 0 Å². The van der Waals surface area contributed by atoms with E-state index in [-0.39, 0.29) is 25.7 Å². The number of nitrogens with one attached hydrogen (secondary N) is 4. The molecule has 1 heterocycles. The van der Waals surface area contributed by atoms with Gasteiger partial charge >= 0.3 is 11.9 Å². The first-order valence-electron chi connectivity index (χ1n) is 10.7. The SMILES string of the molecule is NC(CCC(=O)O)C(=O)NC(Cc1cnc[nH]1)C(=O)NCC(=O)NC(Cc1ccccc1)C(=O)O. The lowest BCUT2D eigenvalue weighted by molar-refractivity contribution is -0.141. The monoisotopic (exact) mass is 488 g/mol. The Balaban J connectivity index is 1.96. The summed E-state index contributed by atoms with van der Waals surface area (Å²) in [6.45, 7) is -0.530. The molecule has 0 aliphatic carbocycles. The van der Waals surface area contributed by atoms with Crippen LogP contribution in [0.4, 0.5) is 0 Å². The Kier molecular flexibility index (Phi) is 10.4. The Morgan fingerprint density at radius 1 is 0.971 bits per heavy atom. The molecule has 0 aliphatic rings. The second kappa shape index (κ2) is 13.4. The molecule has 2 aromatic rings. The number of aromatic amines is 1. The van der Waals surface area contributed by atoms with Crippen molar-refractivity contribution < 1.29 is 34.2 Å². The molecule has 1 aromatic heterocycles. The summed E-state index contributed by atoms with van der Waals surface area (Å²) in [5.41, 5.74) is 6.94. The molecule has 0 radical (unpaired) electrons. The Bertz CT molecular complexity index is 1010. The number of benzene rings is 1. The summed E-state index contributed by atoms with van der Waals surface area (Å²) in [5.74, 6) is -4.52. The van der Waals surface area contributed by atoms with Crippen molar-refractivity contribution in [2.24, 2.45) is 5.73 Å². The van der Waals surface area contributed by atoms with Crippen LogP contribution in [0.2, 0.25) is 0 Å². The molecule has 0 spiro atoms. The van der Waals surface area contributed by atoms with Gasteiger partial charge in [0.25, 0.3) is 0 Å². The lowest BCUT2D eigenvalue weighted by Gasteiger charge is -2.20. The number of hydrogen-bond acceptors (Lipinski definition) is 7. The third-order valence-electron chi connectivity index (χ3n) is 4.96. The summed E-state index contributed by atoms with van der Waals surface area (Å²) in [7, 11) is 0. The lowest BCUT2D eigenvalue weighted by atomic mass is 10.1. The van der Waals surface area contributed by atoms with Crippen LogP contribution in [0.5, 0.6) is 0 Å². The summed E-state index contributed by atoms with van der Waals surface area (Å²) in [5, 5.41) is 25.3. The van der Waals surface area contributed by atoms with E-state index < -0.39 is 54.3 Å². The van der Waals surface area contributed by atoms with Gasteiger partial charge in [-0.2, -0.15) is 0 Å². The average Bonchev–Trinajstić information content (AvgIpc) is 3.33. The van der Waals surface area contributed by atoms with Crippen LogP contribution in [-0.2, 0) is 36.8 Å². The van der Waals surface area contributed by atoms with Gasteiger partial charge in [-0.1, -0.05) is 30.3 Å². The van der Waals surface area contributed by atoms with Crippen LogP contribution in [0.15, 0.2) is 42.9 Å². The Morgan fingerprint density at radius 3 is 2.29 bits per heavy atom. The third-order valence-corrected chi connectivity index (χ3v) is 4.96. The van der Waals surface area contributed by atoms with E-state index in [0.29, 0.717) is 11.3 Å². The van der Waals surface area contributed by atoms with Gasteiger partial charge in [0, 0.05) is 31.2 Å². The number of carbonyl (C=O) groups excluding carboxylic acids is 3. The molecule has 35 heavy (non-hydrogen) atoms. The highest BCUT2D eigenvalue weighted by Gasteiger charge is 2.26. The average molecular weight is 489 g/mol. The molecule has 3 atom stereocenters. The maximum atomic E-state index is 12.7. The highest BCUT2D eigenvalue weighted by atomic mass is 16.4. The van der Waals surface area contributed by atoms with Gasteiger partial charge < -0.3 is 36.9 Å². The zero-order valence-electron chi connectivity index (χ0n) is 18.8. The molecule has 1 aromatic carbocycles.